The zero-order valence-electron chi connectivity index (χ0n) is 9.43. The maximum Gasteiger partial charge on any atom is 0.219 e. The van der Waals surface area contributed by atoms with E-state index < -0.39 is 0 Å². The summed E-state index contributed by atoms with van der Waals surface area (Å²) in [6.45, 7) is 6.15. The largest absolute Gasteiger partial charge is 0.356 e. The van der Waals surface area contributed by atoms with Gasteiger partial charge < -0.3 is 5.32 Å². The van der Waals surface area contributed by atoms with Gasteiger partial charge in [0, 0.05) is 18.9 Å². The molecule has 0 aliphatic carbocycles. The first kappa shape index (κ1) is 13.1. The van der Waals surface area contributed by atoms with Crippen LogP contribution in [0.15, 0.2) is 0 Å². The maximum atomic E-state index is 10.9. The summed E-state index contributed by atoms with van der Waals surface area (Å²) in [5.41, 5.74) is 0. The molecule has 0 aromatic rings. The Morgan fingerprint density at radius 3 is 2.43 bits per heavy atom. The third-order valence-corrected chi connectivity index (χ3v) is 2.40. The van der Waals surface area contributed by atoms with Gasteiger partial charge in [-0.05, 0) is 19.8 Å². The molecule has 0 heterocycles. The van der Waals surface area contributed by atoms with Crippen LogP contribution in [0.4, 0.5) is 0 Å². The van der Waals surface area contributed by atoms with Crippen molar-refractivity contribution in [3.05, 3.63) is 0 Å². The summed E-state index contributed by atoms with van der Waals surface area (Å²) < 4.78 is 0. The van der Waals surface area contributed by atoms with Gasteiger partial charge in [-0.25, -0.2) is 0 Å². The Bertz CT molecular complexity index is 190. The van der Waals surface area contributed by atoms with E-state index in [0.29, 0.717) is 6.42 Å². The highest BCUT2D eigenvalue weighted by molar-refractivity contribution is 5.77. The number of Topliss-reactive ketones (excluding diaryl/α,β-unsaturated/α-hetero) is 1. The molecule has 0 saturated heterocycles. The van der Waals surface area contributed by atoms with Gasteiger partial charge in [0.15, 0.2) is 0 Å². The number of unbranched alkanes of at least 4 members (excludes halogenated alkanes) is 1. The van der Waals surface area contributed by atoms with Crippen molar-refractivity contribution in [1.29, 1.82) is 0 Å². The maximum absolute atomic E-state index is 10.9. The van der Waals surface area contributed by atoms with Crippen LogP contribution in [-0.4, -0.2) is 18.2 Å². The Hall–Kier alpha value is -0.860. The summed E-state index contributed by atoms with van der Waals surface area (Å²) in [5, 5.41) is 2.81. The molecule has 14 heavy (non-hydrogen) atoms. The first-order chi connectivity index (χ1) is 6.57. The molecule has 3 nitrogen and oxygen atoms in total. The average molecular weight is 199 g/mol. The number of carbonyl (C=O) groups is 2. The minimum atomic E-state index is 0.101. The number of ketones is 1. The van der Waals surface area contributed by atoms with Gasteiger partial charge in [0.2, 0.25) is 5.91 Å². The van der Waals surface area contributed by atoms with Crippen LogP contribution in [0.5, 0.6) is 0 Å². The van der Waals surface area contributed by atoms with E-state index in [1.54, 1.807) is 6.92 Å². The Labute approximate surface area is 86.3 Å². The molecule has 0 saturated carbocycles. The Kier molecular flexibility index (Phi) is 7.07. The second-order valence-electron chi connectivity index (χ2n) is 3.71. The molecular weight excluding hydrogens is 178 g/mol. The van der Waals surface area contributed by atoms with Crippen LogP contribution >= 0.6 is 0 Å². The highest BCUT2D eigenvalue weighted by atomic mass is 16.1. The van der Waals surface area contributed by atoms with Crippen molar-refractivity contribution in [2.45, 2.75) is 46.5 Å². The fourth-order valence-corrected chi connectivity index (χ4v) is 1.13. The fraction of sp³-hybridized carbons (Fsp3) is 0.818. The molecule has 0 unspecified atom stereocenters. The molecule has 0 radical (unpaired) electrons. The van der Waals surface area contributed by atoms with Gasteiger partial charge in [-0.1, -0.05) is 20.3 Å². The molecule has 0 bridgehead atoms. The van der Waals surface area contributed by atoms with E-state index in [9.17, 15) is 9.59 Å². The highest BCUT2D eigenvalue weighted by Gasteiger charge is 2.06. The Morgan fingerprint density at radius 2 is 1.93 bits per heavy atom. The van der Waals surface area contributed by atoms with E-state index >= 15 is 0 Å². The van der Waals surface area contributed by atoms with E-state index in [0.717, 1.165) is 25.8 Å². The number of rotatable bonds is 7. The van der Waals surface area contributed by atoms with Gasteiger partial charge >= 0.3 is 0 Å². The molecule has 0 spiro atoms. The quantitative estimate of drug-likeness (QED) is 0.637. The molecule has 82 valence electrons. The van der Waals surface area contributed by atoms with Crippen molar-refractivity contribution in [2.75, 3.05) is 6.54 Å². The van der Waals surface area contributed by atoms with Crippen LogP contribution in [0.25, 0.3) is 0 Å². The van der Waals surface area contributed by atoms with Crippen LogP contribution in [-0.2, 0) is 9.59 Å². The number of hydrogen-bond donors (Lipinski definition) is 1. The minimum Gasteiger partial charge on any atom is -0.356 e. The summed E-state index contributed by atoms with van der Waals surface area (Å²) in [7, 11) is 0. The van der Waals surface area contributed by atoms with E-state index in [-0.39, 0.29) is 17.6 Å². The van der Waals surface area contributed by atoms with E-state index in [2.05, 4.69) is 5.32 Å². The van der Waals surface area contributed by atoms with Crippen molar-refractivity contribution in [3.8, 4) is 0 Å². The summed E-state index contributed by atoms with van der Waals surface area (Å²) in [6, 6.07) is 0. The fourth-order valence-electron chi connectivity index (χ4n) is 1.13. The van der Waals surface area contributed by atoms with Gasteiger partial charge in [0.1, 0.15) is 5.78 Å². The second kappa shape index (κ2) is 7.54. The lowest BCUT2D eigenvalue weighted by Gasteiger charge is -2.07. The topological polar surface area (TPSA) is 46.2 Å². The summed E-state index contributed by atoms with van der Waals surface area (Å²) in [6.07, 6.45) is 3.44. The van der Waals surface area contributed by atoms with Crippen molar-refractivity contribution in [3.63, 3.8) is 0 Å². The zero-order chi connectivity index (χ0) is 11.0. The summed E-state index contributed by atoms with van der Waals surface area (Å²) in [4.78, 5) is 21.7. The molecule has 0 aliphatic rings. The first-order valence-electron chi connectivity index (χ1n) is 5.35. The molecule has 1 atom stereocenters. The lowest BCUT2D eigenvalue weighted by Crippen LogP contribution is -2.23. The smallest absolute Gasteiger partial charge is 0.219 e. The first-order valence-corrected chi connectivity index (χ1v) is 5.35. The molecular formula is C11H21NO2. The van der Waals surface area contributed by atoms with Crippen LogP contribution in [0, 0.1) is 5.92 Å². The second-order valence-corrected chi connectivity index (χ2v) is 3.71. The standard InChI is InChI=1S/C11H21NO2/c1-4-11(14)12-8-6-5-7-9(2)10(3)13/h9H,4-8H2,1-3H3,(H,12,14)/t9-/m1/s1. The molecule has 3 heteroatoms. The van der Waals surface area contributed by atoms with Gasteiger partial charge in [0.25, 0.3) is 0 Å². The van der Waals surface area contributed by atoms with Gasteiger partial charge in [0.05, 0.1) is 0 Å². The van der Waals surface area contributed by atoms with Crippen LogP contribution < -0.4 is 5.32 Å². The Morgan fingerprint density at radius 1 is 1.29 bits per heavy atom. The zero-order valence-corrected chi connectivity index (χ0v) is 9.43. The Balaban J connectivity index is 3.30. The number of amides is 1. The predicted octanol–water partition coefficient (Wildman–Crippen LogP) is 1.91. The van der Waals surface area contributed by atoms with Gasteiger partial charge in [-0.2, -0.15) is 0 Å². The molecule has 1 amide bonds. The minimum absolute atomic E-state index is 0.101. The third-order valence-electron chi connectivity index (χ3n) is 2.40. The van der Waals surface area contributed by atoms with Crippen LogP contribution in [0.3, 0.4) is 0 Å². The van der Waals surface area contributed by atoms with E-state index in [1.807, 2.05) is 13.8 Å². The molecule has 0 aromatic heterocycles. The SMILES string of the molecule is CCC(=O)NCCCC[C@@H](C)C(C)=O. The van der Waals surface area contributed by atoms with E-state index in [1.165, 1.54) is 0 Å². The van der Waals surface area contributed by atoms with Gasteiger partial charge in [-0.3, -0.25) is 9.59 Å². The number of hydrogen-bond acceptors (Lipinski definition) is 2. The van der Waals surface area contributed by atoms with E-state index in [4.69, 9.17) is 0 Å². The predicted molar refractivity (Wildman–Crippen MR) is 57.0 cm³/mol. The molecule has 0 aromatic carbocycles. The van der Waals surface area contributed by atoms with Gasteiger partial charge in [-0.15, -0.1) is 0 Å². The third kappa shape index (κ3) is 6.63. The van der Waals surface area contributed by atoms with Crippen molar-refractivity contribution >= 4 is 11.7 Å². The summed E-state index contributed by atoms with van der Waals surface area (Å²) >= 11 is 0. The van der Waals surface area contributed by atoms with Crippen molar-refractivity contribution < 1.29 is 9.59 Å². The highest BCUT2D eigenvalue weighted by Crippen LogP contribution is 2.07. The summed E-state index contributed by atoms with van der Waals surface area (Å²) in [5.74, 6) is 0.518. The van der Waals surface area contributed by atoms with Crippen LogP contribution in [0.2, 0.25) is 0 Å². The molecule has 1 N–H and O–H groups in total. The molecule has 0 rings (SSSR count). The van der Waals surface area contributed by atoms with Crippen molar-refractivity contribution in [2.24, 2.45) is 5.92 Å². The lowest BCUT2D eigenvalue weighted by atomic mass is 10.0. The van der Waals surface area contributed by atoms with Crippen molar-refractivity contribution in [1.82, 2.24) is 5.32 Å². The molecule has 0 aliphatic heterocycles. The lowest BCUT2D eigenvalue weighted by molar-refractivity contribution is -0.121. The molecule has 0 fully saturated rings. The normalized spacial score (nSPS) is 12.2. The number of nitrogens with one attached hydrogen (secondary N) is 1. The monoisotopic (exact) mass is 199 g/mol. The average Bonchev–Trinajstić information content (AvgIpc) is 2.16. The van der Waals surface area contributed by atoms with Crippen LogP contribution in [0.1, 0.15) is 46.5 Å². The number of carbonyl (C=O) groups excluding carboxylic acids is 2.